The predicted molar refractivity (Wildman–Crippen MR) is 108 cm³/mol. The van der Waals surface area contributed by atoms with E-state index in [0.29, 0.717) is 10.6 Å². The Balaban J connectivity index is 2.11. The Morgan fingerprint density at radius 1 is 1.14 bits per heavy atom. The monoisotopic (exact) mass is 434 g/mol. The van der Waals surface area contributed by atoms with E-state index >= 15 is 0 Å². The topological polar surface area (TPSA) is 102 Å². The summed E-state index contributed by atoms with van der Waals surface area (Å²) in [5.41, 5.74) is 1.30. The minimum atomic E-state index is -3.83. The molecule has 1 atom stereocenters. The van der Waals surface area contributed by atoms with Crippen LogP contribution in [0.1, 0.15) is 17.2 Å². The number of hydrogen-bond donors (Lipinski definition) is 2. The van der Waals surface area contributed by atoms with Crippen molar-refractivity contribution in [2.24, 2.45) is 0 Å². The highest BCUT2D eigenvalue weighted by atomic mass is 35.5. The standard InChI is InChI=1S/C20H19ClN2O5S/c1-12-7-9-13(10-8-12)29(26,27)11-16-17(19(24)28-2)18(23-20(25)22-16)14-5-3-4-6-15(14)21/h3-10,18H,11H2,1-2H3,(H2,22,23,25)/t18-/m1/s1. The van der Waals surface area contributed by atoms with Gasteiger partial charge in [0, 0.05) is 10.7 Å². The summed E-state index contributed by atoms with van der Waals surface area (Å²) in [7, 11) is -2.65. The van der Waals surface area contributed by atoms with Crippen molar-refractivity contribution in [3.05, 3.63) is 76.0 Å². The lowest BCUT2D eigenvalue weighted by molar-refractivity contribution is -0.136. The molecular formula is C20H19ClN2O5S. The van der Waals surface area contributed by atoms with Crippen molar-refractivity contribution >= 4 is 33.4 Å². The quantitative estimate of drug-likeness (QED) is 0.704. The summed E-state index contributed by atoms with van der Waals surface area (Å²) < 4.78 is 30.7. The number of esters is 1. The molecule has 2 N–H and O–H groups in total. The first kappa shape index (κ1) is 20.9. The smallest absolute Gasteiger partial charge is 0.338 e. The predicted octanol–water partition coefficient (Wildman–Crippen LogP) is 2.90. The van der Waals surface area contributed by atoms with E-state index in [4.69, 9.17) is 16.3 Å². The summed E-state index contributed by atoms with van der Waals surface area (Å²) in [6.45, 7) is 1.84. The van der Waals surface area contributed by atoms with Gasteiger partial charge in [-0.25, -0.2) is 18.0 Å². The average molecular weight is 435 g/mol. The van der Waals surface area contributed by atoms with Crippen molar-refractivity contribution in [1.29, 1.82) is 0 Å². The molecule has 9 heteroatoms. The van der Waals surface area contributed by atoms with E-state index in [2.05, 4.69) is 10.6 Å². The van der Waals surface area contributed by atoms with Crippen LogP contribution in [0.15, 0.2) is 64.7 Å². The number of methoxy groups -OCH3 is 1. The number of carbonyl (C=O) groups is 2. The third-order valence-electron chi connectivity index (χ3n) is 4.49. The number of ether oxygens (including phenoxy) is 1. The largest absolute Gasteiger partial charge is 0.466 e. The molecule has 0 saturated heterocycles. The van der Waals surface area contributed by atoms with Crippen LogP contribution in [0.2, 0.25) is 5.02 Å². The van der Waals surface area contributed by atoms with E-state index in [-0.39, 0.29) is 16.2 Å². The van der Waals surface area contributed by atoms with Gasteiger partial charge in [-0.05, 0) is 30.7 Å². The zero-order valence-electron chi connectivity index (χ0n) is 15.7. The van der Waals surface area contributed by atoms with Crippen LogP contribution in [0.5, 0.6) is 0 Å². The Morgan fingerprint density at radius 2 is 1.79 bits per heavy atom. The summed E-state index contributed by atoms with van der Waals surface area (Å²) in [5.74, 6) is -1.34. The lowest BCUT2D eigenvalue weighted by atomic mass is 9.95. The molecule has 2 aromatic rings. The van der Waals surface area contributed by atoms with Gasteiger partial charge < -0.3 is 15.4 Å². The van der Waals surface area contributed by atoms with Gasteiger partial charge in [0.05, 0.1) is 29.4 Å². The van der Waals surface area contributed by atoms with E-state index in [1.165, 1.54) is 19.2 Å². The molecule has 0 bridgehead atoms. The zero-order valence-corrected chi connectivity index (χ0v) is 17.3. The molecule has 3 rings (SSSR count). The Hall–Kier alpha value is -2.84. The first-order chi connectivity index (χ1) is 13.7. The lowest BCUT2D eigenvalue weighted by Crippen LogP contribution is -2.47. The van der Waals surface area contributed by atoms with Crippen molar-refractivity contribution in [3.63, 3.8) is 0 Å². The summed E-state index contributed by atoms with van der Waals surface area (Å²) >= 11 is 6.25. The number of carbonyl (C=O) groups excluding carboxylic acids is 2. The van der Waals surface area contributed by atoms with E-state index in [1.54, 1.807) is 36.4 Å². The van der Waals surface area contributed by atoms with Crippen LogP contribution < -0.4 is 10.6 Å². The summed E-state index contributed by atoms with van der Waals surface area (Å²) in [6.07, 6.45) is 0. The molecule has 7 nitrogen and oxygen atoms in total. The van der Waals surface area contributed by atoms with Crippen molar-refractivity contribution in [2.45, 2.75) is 17.9 Å². The van der Waals surface area contributed by atoms with Crippen LogP contribution in [-0.4, -0.2) is 33.3 Å². The summed E-state index contributed by atoms with van der Waals surface area (Å²) in [4.78, 5) is 24.9. The third kappa shape index (κ3) is 4.44. The van der Waals surface area contributed by atoms with Gasteiger partial charge in [0.1, 0.15) is 0 Å². The maximum absolute atomic E-state index is 12.9. The molecule has 2 aromatic carbocycles. The number of aryl methyl sites for hydroxylation is 1. The number of sulfone groups is 1. The Labute approximate surface area is 173 Å². The van der Waals surface area contributed by atoms with Crippen LogP contribution in [0.25, 0.3) is 0 Å². The van der Waals surface area contributed by atoms with E-state index in [9.17, 15) is 18.0 Å². The number of rotatable bonds is 5. The Bertz CT molecular complexity index is 1090. The Kier molecular flexibility index (Phi) is 5.95. The fourth-order valence-corrected chi connectivity index (χ4v) is 4.61. The van der Waals surface area contributed by atoms with Crippen LogP contribution in [0, 0.1) is 6.92 Å². The lowest BCUT2D eigenvalue weighted by Gasteiger charge is -2.29. The van der Waals surface area contributed by atoms with Crippen LogP contribution >= 0.6 is 11.6 Å². The highest BCUT2D eigenvalue weighted by Gasteiger charge is 2.36. The molecule has 0 unspecified atom stereocenters. The molecule has 0 aliphatic carbocycles. The third-order valence-corrected chi connectivity index (χ3v) is 6.49. The number of nitrogens with one attached hydrogen (secondary N) is 2. The normalized spacial score (nSPS) is 16.8. The SMILES string of the molecule is COC(=O)C1=C(CS(=O)(=O)c2ccc(C)cc2)NC(=O)N[C@@H]1c1ccccc1Cl. The van der Waals surface area contributed by atoms with Gasteiger partial charge in [-0.2, -0.15) is 0 Å². The molecule has 1 aliphatic heterocycles. The molecule has 1 aliphatic rings. The van der Waals surface area contributed by atoms with Crippen LogP contribution in [-0.2, 0) is 19.4 Å². The maximum Gasteiger partial charge on any atom is 0.338 e. The second-order valence-corrected chi connectivity index (χ2v) is 8.91. The minimum Gasteiger partial charge on any atom is -0.466 e. The minimum absolute atomic E-state index is 0.0177. The molecule has 0 fully saturated rings. The summed E-state index contributed by atoms with van der Waals surface area (Å²) in [6, 6.07) is 11.4. The fraction of sp³-hybridized carbons (Fsp3) is 0.200. The first-order valence-electron chi connectivity index (χ1n) is 8.65. The molecule has 0 radical (unpaired) electrons. The molecule has 0 spiro atoms. The van der Waals surface area contributed by atoms with Crippen LogP contribution in [0.3, 0.4) is 0 Å². The van der Waals surface area contributed by atoms with Crippen molar-refractivity contribution in [3.8, 4) is 0 Å². The van der Waals surface area contributed by atoms with Gasteiger partial charge in [-0.3, -0.25) is 0 Å². The van der Waals surface area contributed by atoms with Gasteiger partial charge >= 0.3 is 12.0 Å². The van der Waals surface area contributed by atoms with Gasteiger partial charge in [0.15, 0.2) is 9.84 Å². The van der Waals surface area contributed by atoms with Gasteiger partial charge in [-0.15, -0.1) is 0 Å². The molecule has 1 heterocycles. The van der Waals surface area contributed by atoms with Crippen LogP contribution in [0.4, 0.5) is 4.79 Å². The number of hydrogen-bond acceptors (Lipinski definition) is 5. The second-order valence-electron chi connectivity index (χ2n) is 6.51. The second kappa shape index (κ2) is 8.26. The van der Waals surface area contributed by atoms with Crippen molar-refractivity contribution < 1.29 is 22.7 Å². The van der Waals surface area contributed by atoms with E-state index < -0.39 is 33.6 Å². The van der Waals surface area contributed by atoms with E-state index in [0.717, 1.165) is 5.56 Å². The Morgan fingerprint density at radius 3 is 2.41 bits per heavy atom. The number of urea groups is 1. The number of benzene rings is 2. The average Bonchev–Trinajstić information content (AvgIpc) is 2.67. The van der Waals surface area contributed by atoms with Gasteiger partial charge in [-0.1, -0.05) is 47.5 Å². The molecular weight excluding hydrogens is 416 g/mol. The highest BCUT2D eigenvalue weighted by molar-refractivity contribution is 7.91. The first-order valence-corrected chi connectivity index (χ1v) is 10.7. The van der Waals surface area contributed by atoms with Gasteiger partial charge in [0.25, 0.3) is 0 Å². The van der Waals surface area contributed by atoms with E-state index in [1.807, 2.05) is 6.92 Å². The van der Waals surface area contributed by atoms with Crippen molar-refractivity contribution in [2.75, 3.05) is 12.9 Å². The zero-order chi connectivity index (χ0) is 21.2. The number of halogens is 1. The summed E-state index contributed by atoms with van der Waals surface area (Å²) in [5, 5.41) is 5.38. The molecule has 0 aromatic heterocycles. The molecule has 152 valence electrons. The number of amides is 2. The van der Waals surface area contributed by atoms with Gasteiger partial charge in [0.2, 0.25) is 0 Å². The molecule has 29 heavy (non-hydrogen) atoms. The maximum atomic E-state index is 12.9. The van der Waals surface area contributed by atoms with Crippen molar-refractivity contribution in [1.82, 2.24) is 10.6 Å². The highest BCUT2D eigenvalue weighted by Crippen LogP contribution is 2.32. The molecule has 0 saturated carbocycles. The molecule has 2 amide bonds. The fourth-order valence-electron chi connectivity index (χ4n) is 3.04.